The molecule has 5 heteroatoms. The van der Waals surface area contributed by atoms with Gasteiger partial charge in [-0.15, -0.1) is 0 Å². The fourth-order valence-corrected chi connectivity index (χ4v) is 2.05. The predicted molar refractivity (Wildman–Crippen MR) is 67.1 cm³/mol. The first-order chi connectivity index (χ1) is 8.65. The molecule has 1 saturated carbocycles. The molecule has 3 N–H and O–H groups in total. The lowest BCUT2D eigenvalue weighted by molar-refractivity contribution is -0.136. The molecule has 2 rings (SSSR count). The SMILES string of the molecule is O=C(Nc1ccc(O)cc1)C(=O)NC1CCCC1. The molecule has 0 aliphatic heterocycles. The Morgan fingerprint density at radius 2 is 1.67 bits per heavy atom. The molecule has 0 radical (unpaired) electrons. The maximum absolute atomic E-state index is 11.6. The number of amides is 2. The van der Waals surface area contributed by atoms with E-state index < -0.39 is 11.8 Å². The summed E-state index contributed by atoms with van der Waals surface area (Å²) in [6.07, 6.45) is 4.09. The third-order valence-corrected chi connectivity index (χ3v) is 3.02. The maximum Gasteiger partial charge on any atom is 0.313 e. The highest BCUT2D eigenvalue weighted by molar-refractivity contribution is 6.39. The van der Waals surface area contributed by atoms with Crippen LogP contribution in [0.4, 0.5) is 5.69 Å². The monoisotopic (exact) mass is 248 g/mol. The minimum Gasteiger partial charge on any atom is -0.508 e. The van der Waals surface area contributed by atoms with Crippen molar-refractivity contribution in [1.82, 2.24) is 5.32 Å². The Hall–Kier alpha value is -2.04. The number of aromatic hydroxyl groups is 1. The van der Waals surface area contributed by atoms with Crippen LogP contribution in [0.15, 0.2) is 24.3 Å². The molecule has 2 amide bonds. The van der Waals surface area contributed by atoms with Crippen LogP contribution < -0.4 is 10.6 Å². The maximum atomic E-state index is 11.6. The molecule has 0 spiro atoms. The van der Waals surface area contributed by atoms with E-state index in [9.17, 15) is 9.59 Å². The van der Waals surface area contributed by atoms with Crippen molar-refractivity contribution in [2.45, 2.75) is 31.7 Å². The Labute approximate surface area is 105 Å². The minimum atomic E-state index is -0.674. The van der Waals surface area contributed by atoms with Gasteiger partial charge in [-0.3, -0.25) is 9.59 Å². The van der Waals surface area contributed by atoms with Gasteiger partial charge >= 0.3 is 11.8 Å². The lowest BCUT2D eigenvalue weighted by atomic mass is 10.2. The first kappa shape index (κ1) is 12.4. The number of hydrogen-bond acceptors (Lipinski definition) is 3. The van der Waals surface area contributed by atoms with Crippen LogP contribution in [0.2, 0.25) is 0 Å². The molecule has 1 aromatic carbocycles. The van der Waals surface area contributed by atoms with Crippen LogP contribution in [-0.2, 0) is 9.59 Å². The van der Waals surface area contributed by atoms with Gasteiger partial charge in [-0.25, -0.2) is 0 Å². The van der Waals surface area contributed by atoms with Gasteiger partial charge in [-0.2, -0.15) is 0 Å². The molecule has 0 saturated heterocycles. The smallest absolute Gasteiger partial charge is 0.313 e. The van der Waals surface area contributed by atoms with Gasteiger partial charge in [0.15, 0.2) is 0 Å². The third-order valence-electron chi connectivity index (χ3n) is 3.02. The van der Waals surface area contributed by atoms with E-state index in [-0.39, 0.29) is 11.8 Å². The van der Waals surface area contributed by atoms with Crippen molar-refractivity contribution >= 4 is 17.5 Å². The lowest BCUT2D eigenvalue weighted by Gasteiger charge is -2.11. The normalized spacial score (nSPS) is 15.3. The van der Waals surface area contributed by atoms with Crippen molar-refractivity contribution in [2.75, 3.05) is 5.32 Å². The van der Waals surface area contributed by atoms with Crippen LogP contribution in [0.25, 0.3) is 0 Å². The quantitative estimate of drug-likeness (QED) is 0.546. The van der Waals surface area contributed by atoms with Crippen molar-refractivity contribution < 1.29 is 14.7 Å². The van der Waals surface area contributed by atoms with Gasteiger partial charge in [-0.05, 0) is 37.1 Å². The van der Waals surface area contributed by atoms with Crippen LogP contribution in [0.1, 0.15) is 25.7 Å². The third kappa shape index (κ3) is 3.23. The molecule has 1 aliphatic rings. The zero-order valence-corrected chi connectivity index (χ0v) is 9.98. The summed E-state index contributed by atoms with van der Waals surface area (Å²) in [5.41, 5.74) is 0.486. The Kier molecular flexibility index (Phi) is 3.82. The van der Waals surface area contributed by atoms with Crippen molar-refractivity contribution in [2.24, 2.45) is 0 Å². The van der Waals surface area contributed by atoms with E-state index in [0.29, 0.717) is 5.69 Å². The molecular weight excluding hydrogens is 232 g/mol. The van der Waals surface area contributed by atoms with E-state index in [1.165, 1.54) is 24.3 Å². The summed E-state index contributed by atoms with van der Waals surface area (Å²) in [5, 5.41) is 14.3. The first-order valence-corrected chi connectivity index (χ1v) is 6.06. The van der Waals surface area contributed by atoms with Gasteiger partial charge in [0.05, 0.1) is 0 Å². The number of carbonyl (C=O) groups excluding carboxylic acids is 2. The number of nitrogens with one attached hydrogen (secondary N) is 2. The molecule has 0 atom stereocenters. The summed E-state index contributed by atoms with van der Waals surface area (Å²) in [6, 6.07) is 6.10. The highest BCUT2D eigenvalue weighted by Gasteiger charge is 2.21. The fourth-order valence-electron chi connectivity index (χ4n) is 2.05. The lowest BCUT2D eigenvalue weighted by Crippen LogP contribution is -2.40. The largest absolute Gasteiger partial charge is 0.508 e. The van der Waals surface area contributed by atoms with Crippen LogP contribution in [0.5, 0.6) is 5.75 Å². The molecular formula is C13H16N2O3. The second kappa shape index (κ2) is 5.53. The van der Waals surface area contributed by atoms with E-state index in [1.54, 1.807) is 0 Å². The van der Waals surface area contributed by atoms with Crippen LogP contribution in [0.3, 0.4) is 0 Å². The number of rotatable bonds is 2. The van der Waals surface area contributed by atoms with E-state index in [4.69, 9.17) is 5.11 Å². The van der Waals surface area contributed by atoms with Gasteiger partial charge < -0.3 is 15.7 Å². The van der Waals surface area contributed by atoms with Gasteiger partial charge in [0.25, 0.3) is 0 Å². The van der Waals surface area contributed by atoms with Gasteiger partial charge in [0.1, 0.15) is 5.75 Å². The van der Waals surface area contributed by atoms with Crippen LogP contribution in [0, 0.1) is 0 Å². The number of carbonyl (C=O) groups is 2. The summed E-state index contributed by atoms with van der Waals surface area (Å²) in [4.78, 5) is 23.2. The summed E-state index contributed by atoms with van der Waals surface area (Å²) in [7, 11) is 0. The van der Waals surface area contributed by atoms with Crippen molar-refractivity contribution in [1.29, 1.82) is 0 Å². The van der Waals surface area contributed by atoms with Crippen molar-refractivity contribution in [3.63, 3.8) is 0 Å². The Bertz CT molecular complexity index is 436. The molecule has 0 bridgehead atoms. The van der Waals surface area contributed by atoms with Crippen molar-refractivity contribution in [3.8, 4) is 5.75 Å². The molecule has 0 unspecified atom stereocenters. The summed E-state index contributed by atoms with van der Waals surface area (Å²) in [6.45, 7) is 0. The summed E-state index contributed by atoms with van der Waals surface area (Å²) >= 11 is 0. The average Bonchev–Trinajstić information content (AvgIpc) is 2.85. The Morgan fingerprint density at radius 3 is 2.28 bits per heavy atom. The number of phenols is 1. The first-order valence-electron chi connectivity index (χ1n) is 6.06. The molecule has 1 fully saturated rings. The topological polar surface area (TPSA) is 78.4 Å². The molecule has 18 heavy (non-hydrogen) atoms. The molecule has 5 nitrogen and oxygen atoms in total. The standard InChI is InChI=1S/C13H16N2O3/c16-11-7-5-10(6-8-11)15-13(18)12(17)14-9-3-1-2-4-9/h5-9,16H,1-4H2,(H,14,17)(H,15,18). The molecule has 0 heterocycles. The fraction of sp³-hybridized carbons (Fsp3) is 0.385. The van der Waals surface area contributed by atoms with Gasteiger partial charge in [-0.1, -0.05) is 12.8 Å². The highest BCUT2D eigenvalue weighted by atomic mass is 16.3. The summed E-state index contributed by atoms with van der Waals surface area (Å²) in [5.74, 6) is -1.16. The second-order valence-electron chi connectivity index (χ2n) is 4.46. The number of phenolic OH excluding ortho intramolecular Hbond substituents is 1. The average molecular weight is 248 g/mol. The zero-order valence-electron chi connectivity index (χ0n) is 9.98. The van der Waals surface area contributed by atoms with Gasteiger partial charge in [0.2, 0.25) is 0 Å². The van der Waals surface area contributed by atoms with Crippen molar-refractivity contribution in [3.05, 3.63) is 24.3 Å². The number of anilines is 1. The van der Waals surface area contributed by atoms with Gasteiger partial charge in [0, 0.05) is 11.7 Å². The Morgan fingerprint density at radius 1 is 1.06 bits per heavy atom. The summed E-state index contributed by atoms with van der Waals surface area (Å²) < 4.78 is 0. The molecule has 1 aromatic rings. The van der Waals surface area contributed by atoms with Crippen LogP contribution >= 0.6 is 0 Å². The zero-order chi connectivity index (χ0) is 13.0. The molecule has 0 aromatic heterocycles. The van der Waals surface area contributed by atoms with E-state index >= 15 is 0 Å². The minimum absolute atomic E-state index is 0.114. The van der Waals surface area contributed by atoms with E-state index in [0.717, 1.165) is 25.7 Å². The van der Waals surface area contributed by atoms with E-state index in [1.807, 2.05) is 0 Å². The molecule has 96 valence electrons. The highest BCUT2D eigenvalue weighted by Crippen LogP contribution is 2.17. The van der Waals surface area contributed by atoms with Crippen LogP contribution in [-0.4, -0.2) is 23.0 Å². The molecule has 1 aliphatic carbocycles. The van der Waals surface area contributed by atoms with E-state index in [2.05, 4.69) is 10.6 Å². The second-order valence-corrected chi connectivity index (χ2v) is 4.46. The Balaban J connectivity index is 1.86. The number of hydrogen-bond donors (Lipinski definition) is 3. The number of benzene rings is 1. The predicted octanol–water partition coefficient (Wildman–Crippen LogP) is 1.39.